The minimum Gasteiger partial charge on any atom is -0.497 e. The second kappa shape index (κ2) is 8.85. The summed E-state index contributed by atoms with van der Waals surface area (Å²) >= 11 is 0. The van der Waals surface area contributed by atoms with Crippen LogP contribution in [-0.4, -0.2) is 42.9 Å². The molecule has 0 bridgehead atoms. The van der Waals surface area contributed by atoms with Gasteiger partial charge in [0.05, 0.1) is 26.4 Å². The summed E-state index contributed by atoms with van der Waals surface area (Å²) in [7, 11) is 1.63. The van der Waals surface area contributed by atoms with Crippen LogP contribution in [0.15, 0.2) is 54.6 Å². The number of hydrogen-bond acceptors (Lipinski definition) is 5. The molecule has 0 saturated carbocycles. The maximum atomic E-state index is 10.8. The lowest BCUT2D eigenvalue weighted by molar-refractivity contribution is -0.158. The molecule has 27 heavy (non-hydrogen) atoms. The fourth-order valence-electron chi connectivity index (χ4n) is 3.30. The first-order valence-electron chi connectivity index (χ1n) is 9.25. The Labute approximate surface area is 160 Å². The Morgan fingerprint density at radius 3 is 2.37 bits per heavy atom. The molecule has 5 heteroatoms. The summed E-state index contributed by atoms with van der Waals surface area (Å²) in [4.78, 5) is 0. The number of ether oxygens (including phenoxy) is 4. The number of hydrogen-bond donors (Lipinski definition) is 1. The van der Waals surface area contributed by atoms with Gasteiger partial charge in [-0.05, 0) is 37.1 Å². The van der Waals surface area contributed by atoms with E-state index in [1.807, 2.05) is 68.4 Å². The van der Waals surface area contributed by atoms with Gasteiger partial charge in [-0.3, -0.25) is 0 Å². The minimum absolute atomic E-state index is 0.322. The summed E-state index contributed by atoms with van der Waals surface area (Å²) in [6.07, 6.45) is -0.983. The molecule has 5 nitrogen and oxygen atoms in total. The Hall–Kier alpha value is -1.92. The molecule has 2 aromatic carbocycles. The number of aliphatic hydroxyl groups excluding tert-OH is 1. The average molecular weight is 372 g/mol. The van der Waals surface area contributed by atoms with Crippen LogP contribution in [0, 0.1) is 0 Å². The van der Waals surface area contributed by atoms with Crippen molar-refractivity contribution in [2.45, 2.75) is 51.0 Å². The quantitative estimate of drug-likeness (QED) is 0.770. The highest BCUT2D eigenvalue weighted by Gasteiger charge is 2.44. The number of rotatable bonds is 8. The lowest BCUT2D eigenvalue weighted by atomic mass is 10.0. The summed E-state index contributed by atoms with van der Waals surface area (Å²) < 4.78 is 22.9. The van der Waals surface area contributed by atoms with E-state index in [1.54, 1.807) is 7.11 Å². The van der Waals surface area contributed by atoms with Crippen LogP contribution in [0.5, 0.6) is 5.75 Å². The molecule has 1 N–H and O–H groups in total. The Morgan fingerprint density at radius 1 is 1.00 bits per heavy atom. The molecule has 2 aromatic rings. The Kier molecular flexibility index (Phi) is 6.50. The van der Waals surface area contributed by atoms with E-state index in [2.05, 4.69) is 0 Å². The predicted molar refractivity (Wildman–Crippen MR) is 103 cm³/mol. The van der Waals surface area contributed by atoms with Crippen LogP contribution in [0.3, 0.4) is 0 Å². The molecule has 3 atom stereocenters. The third-order valence-electron chi connectivity index (χ3n) is 4.60. The van der Waals surface area contributed by atoms with E-state index in [0.29, 0.717) is 19.6 Å². The zero-order chi connectivity index (χ0) is 19.3. The largest absolute Gasteiger partial charge is 0.497 e. The van der Waals surface area contributed by atoms with Gasteiger partial charge in [0.15, 0.2) is 5.79 Å². The van der Waals surface area contributed by atoms with Gasteiger partial charge in [0.1, 0.15) is 18.0 Å². The SMILES string of the molecule is COc1ccc(C[C@@H](O)[C@H]2OC(C)(C)O[C@@H]2COCc2ccccc2)cc1. The lowest BCUT2D eigenvalue weighted by Gasteiger charge is -2.22. The van der Waals surface area contributed by atoms with Crippen molar-refractivity contribution in [3.8, 4) is 5.75 Å². The molecular formula is C22H28O5. The van der Waals surface area contributed by atoms with E-state index in [4.69, 9.17) is 18.9 Å². The van der Waals surface area contributed by atoms with Gasteiger partial charge in [0.2, 0.25) is 0 Å². The van der Waals surface area contributed by atoms with Crippen molar-refractivity contribution in [3.05, 3.63) is 65.7 Å². The van der Waals surface area contributed by atoms with Gasteiger partial charge < -0.3 is 24.1 Å². The van der Waals surface area contributed by atoms with Crippen molar-refractivity contribution >= 4 is 0 Å². The molecule has 3 rings (SSSR count). The highest BCUT2D eigenvalue weighted by Crippen LogP contribution is 2.31. The third-order valence-corrected chi connectivity index (χ3v) is 4.60. The van der Waals surface area contributed by atoms with Crippen molar-refractivity contribution in [2.75, 3.05) is 13.7 Å². The van der Waals surface area contributed by atoms with Crippen LogP contribution in [0.1, 0.15) is 25.0 Å². The first-order chi connectivity index (χ1) is 13.0. The van der Waals surface area contributed by atoms with Gasteiger partial charge in [-0.25, -0.2) is 0 Å². The first kappa shape index (κ1) is 19.8. The van der Waals surface area contributed by atoms with Crippen LogP contribution >= 0.6 is 0 Å². The Bertz CT molecular complexity index is 698. The van der Waals surface area contributed by atoms with E-state index >= 15 is 0 Å². The number of benzene rings is 2. The normalized spacial score (nSPS) is 22.5. The van der Waals surface area contributed by atoms with E-state index in [-0.39, 0.29) is 6.10 Å². The van der Waals surface area contributed by atoms with Gasteiger partial charge in [-0.1, -0.05) is 42.5 Å². The molecule has 1 heterocycles. The Balaban J connectivity index is 1.58. The maximum Gasteiger partial charge on any atom is 0.164 e. The molecule has 0 amide bonds. The standard InChI is InChI=1S/C22H28O5/c1-22(2)26-20(15-25-14-17-7-5-4-6-8-17)21(27-22)19(23)13-16-9-11-18(24-3)12-10-16/h4-12,19-21,23H,13-15H2,1-3H3/t19-,20-,21-/m1/s1. The van der Waals surface area contributed by atoms with E-state index < -0.39 is 18.0 Å². The van der Waals surface area contributed by atoms with Crippen molar-refractivity contribution in [1.82, 2.24) is 0 Å². The second-order valence-electron chi connectivity index (χ2n) is 7.26. The van der Waals surface area contributed by atoms with E-state index in [0.717, 1.165) is 16.9 Å². The van der Waals surface area contributed by atoms with Crippen molar-refractivity contribution < 1.29 is 24.1 Å². The topological polar surface area (TPSA) is 57.2 Å². The molecule has 1 aliphatic rings. The summed E-state index contributed by atoms with van der Waals surface area (Å²) in [5.41, 5.74) is 2.12. The monoisotopic (exact) mass is 372 g/mol. The van der Waals surface area contributed by atoms with Crippen molar-refractivity contribution in [1.29, 1.82) is 0 Å². The molecule has 1 saturated heterocycles. The summed E-state index contributed by atoms with van der Waals surface area (Å²) in [6.45, 7) is 4.58. The molecule has 146 valence electrons. The predicted octanol–water partition coefficient (Wildman–Crippen LogP) is 3.34. The highest BCUT2D eigenvalue weighted by molar-refractivity contribution is 5.27. The van der Waals surface area contributed by atoms with Crippen LogP contribution in [0.4, 0.5) is 0 Å². The molecule has 0 unspecified atom stereocenters. The van der Waals surface area contributed by atoms with Gasteiger partial charge in [0, 0.05) is 6.42 Å². The minimum atomic E-state index is -0.744. The average Bonchev–Trinajstić information content (AvgIpc) is 2.98. The van der Waals surface area contributed by atoms with Crippen LogP contribution < -0.4 is 4.74 Å². The Morgan fingerprint density at radius 2 is 1.70 bits per heavy atom. The fraction of sp³-hybridized carbons (Fsp3) is 0.455. The molecule has 0 radical (unpaired) electrons. The smallest absolute Gasteiger partial charge is 0.164 e. The van der Waals surface area contributed by atoms with Crippen LogP contribution in [-0.2, 0) is 27.2 Å². The van der Waals surface area contributed by atoms with Gasteiger partial charge in [-0.2, -0.15) is 0 Å². The molecule has 0 spiro atoms. The van der Waals surface area contributed by atoms with Crippen molar-refractivity contribution in [2.24, 2.45) is 0 Å². The summed E-state index contributed by atoms with van der Waals surface area (Å²) in [5.74, 6) is 0.0498. The van der Waals surface area contributed by atoms with Gasteiger partial charge in [0.25, 0.3) is 0 Å². The van der Waals surface area contributed by atoms with E-state index in [1.165, 1.54) is 0 Å². The summed E-state index contributed by atoms with van der Waals surface area (Å²) in [5, 5.41) is 10.8. The fourth-order valence-corrected chi connectivity index (χ4v) is 3.30. The number of methoxy groups -OCH3 is 1. The molecule has 0 aliphatic carbocycles. The zero-order valence-corrected chi connectivity index (χ0v) is 16.1. The summed E-state index contributed by atoms with van der Waals surface area (Å²) in [6, 6.07) is 17.7. The molecule has 1 aliphatic heterocycles. The van der Waals surface area contributed by atoms with Crippen molar-refractivity contribution in [3.63, 3.8) is 0 Å². The van der Waals surface area contributed by atoms with Gasteiger partial charge in [-0.15, -0.1) is 0 Å². The van der Waals surface area contributed by atoms with Gasteiger partial charge >= 0.3 is 0 Å². The highest BCUT2D eigenvalue weighted by atomic mass is 16.8. The van der Waals surface area contributed by atoms with Crippen LogP contribution in [0.25, 0.3) is 0 Å². The third kappa shape index (κ3) is 5.53. The lowest BCUT2D eigenvalue weighted by Crippen LogP contribution is -2.39. The first-order valence-corrected chi connectivity index (χ1v) is 9.25. The zero-order valence-electron chi connectivity index (χ0n) is 16.1. The molecule has 0 aromatic heterocycles. The molecular weight excluding hydrogens is 344 g/mol. The number of aliphatic hydroxyl groups is 1. The maximum absolute atomic E-state index is 10.8. The van der Waals surface area contributed by atoms with E-state index in [9.17, 15) is 5.11 Å². The molecule has 1 fully saturated rings. The second-order valence-corrected chi connectivity index (χ2v) is 7.26. The van der Waals surface area contributed by atoms with Crippen LogP contribution in [0.2, 0.25) is 0 Å².